The summed E-state index contributed by atoms with van der Waals surface area (Å²) in [7, 11) is 0. The molecule has 36 valence electrons. The SMILES string of the molecule is C1=CC2CC(=C1)O2. The summed E-state index contributed by atoms with van der Waals surface area (Å²) in [5.74, 6) is 1.15. The van der Waals surface area contributed by atoms with Crippen LogP contribution >= 0.6 is 0 Å². The monoisotopic (exact) mass is 94.0 g/mol. The zero-order valence-corrected chi connectivity index (χ0v) is 3.92. The molecule has 7 heavy (non-hydrogen) atoms. The van der Waals surface area contributed by atoms with Gasteiger partial charge in [-0.1, -0.05) is 6.08 Å². The second kappa shape index (κ2) is 0.915. The van der Waals surface area contributed by atoms with E-state index >= 15 is 0 Å². The molecular formula is C6H6O. The Morgan fingerprint density at radius 1 is 1.71 bits per heavy atom. The van der Waals surface area contributed by atoms with Gasteiger partial charge in [-0.15, -0.1) is 0 Å². The standard InChI is InChI=1S/C6H6O/c1-2-5-4-6(3-1)7-5/h1-3,5H,4H2. The number of hydrogen-bond acceptors (Lipinski definition) is 1. The summed E-state index contributed by atoms with van der Waals surface area (Å²) < 4.78 is 5.15. The fourth-order valence-corrected chi connectivity index (χ4v) is 0.885. The molecule has 0 aromatic rings. The molecule has 2 bridgehead atoms. The van der Waals surface area contributed by atoms with Gasteiger partial charge in [-0.3, -0.25) is 0 Å². The molecule has 1 aliphatic carbocycles. The molecule has 1 heteroatoms. The second-order valence-electron chi connectivity index (χ2n) is 1.88. The van der Waals surface area contributed by atoms with E-state index < -0.39 is 0 Å². The molecule has 1 nitrogen and oxygen atoms in total. The van der Waals surface area contributed by atoms with Crippen LogP contribution in [-0.4, -0.2) is 6.10 Å². The molecule has 2 aliphatic heterocycles. The first-order chi connectivity index (χ1) is 3.45. The van der Waals surface area contributed by atoms with Crippen molar-refractivity contribution >= 4 is 0 Å². The van der Waals surface area contributed by atoms with Gasteiger partial charge in [-0.25, -0.2) is 0 Å². The summed E-state index contributed by atoms with van der Waals surface area (Å²) in [6.45, 7) is 0. The van der Waals surface area contributed by atoms with Gasteiger partial charge >= 0.3 is 0 Å². The summed E-state index contributed by atoms with van der Waals surface area (Å²) in [4.78, 5) is 0. The highest BCUT2D eigenvalue weighted by molar-refractivity contribution is 5.23. The average molecular weight is 94.1 g/mol. The molecule has 1 saturated heterocycles. The van der Waals surface area contributed by atoms with Gasteiger partial charge < -0.3 is 4.74 Å². The van der Waals surface area contributed by atoms with Crippen LogP contribution in [0.5, 0.6) is 0 Å². The van der Waals surface area contributed by atoms with Crippen LogP contribution < -0.4 is 0 Å². The number of allylic oxidation sites excluding steroid dienone is 2. The minimum atomic E-state index is 0.431. The van der Waals surface area contributed by atoms with Gasteiger partial charge in [0.1, 0.15) is 11.9 Å². The lowest BCUT2D eigenvalue weighted by Gasteiger charge is -2.30. The molecule has 0 saturated carbocycles. The molecule has 0 N–H and O–H groups in total. The summed E-state index contributed by atoms with van der Waals surface area (Å²) in [6.07, 6.45) is 7.70. The first-order valence-corrected chi connectivity index (χ1v) is 2.49. The van der Waals surface area contributed by atoms with Gasteiger partial charge in [-0.05, 0) is 12.2 Å². The fourth-order valence-electron chi connectivity index (χ4n) is 0.885. The van der Waals surface area contributed by atoms with Crippen molar-refractivity contribution in [1.82, 2.24) is 0 Å². The van der Waals surface area contributed by atoms with Crippen LogP contribution in [0, 0.1) is 0 Å². The van der Waals surface area contributed by atoms with E-state index in [0.29, 0.717) is 6.10 Å². The van der Waals surface area contributed by atoms with Gasteiger partial charge in [0.05, 0.1) is 0 Å². The summed E-state index contributed by atoms with van der Waals surface area (Å²) in [6, 6.07) is 0. The molecule has 1 atom stereocenters. The average Bonchev–Trinajstić information content (AvgIpc) is 1.67. The van der Waals surface area contributed by atoms with Crippen LogP contribution in [0.15, 0.2) is 24.0 Å². The van der Waals surface area contributed by atoms with Crippen molar-refractivity contribution in [2.75, 3.05) is 0 Å². The zero-order chi connectivity index (χ0) is 4.69. The molecule has 1 fully saturated rings. The quantitative estimate of drug-likeness (QED) is 0.438. The van der Waals surface area contributed by atoms with E-state index in [1.54, 1.807) is 0 Å². The molecule has 3 aliphatic rings. The van der Waals surface area contributed by atoms with E-state index in [2.05, 4.69) is 6.08 Å². The lowest BCUT2D eigenvalue weighted by atomic mass is 10.0. The van der Waals surface area contributed by atoms with Crippen LogP contribution in [0.4, 0.5) is 0 Å². The van der Waals surface area contributed by atoms with Gasteiger partial charge in [0.25, 0.3) is 0 Å². The van der Waals surface area contributed by atoms with Gasteiger partial charge in [-0.2, -0.15) is 0 Å². The number of rotatable bonds is 0. The van der Waals surface area contributed by atoms with Crippen molar-refractivity contribution in [3.05, 3.63) is 24.0 Å². The largest absolute Gasteiger partial charge is 0.490 e. The van der Waals surface area contributed by atoms with Crippen molar-refractivity contribution in [3.8, 4) is 0 Å². The Bertz CT molecular complexity index is 136. The molecule has 0 spiro atoms. The van der Waals surface area contributed by atoms with Crippen molar-refractivity contribution in [3.63, 3.8) is 0 Å². The Kier molecular flexibility index (Phi) is 0.432. The molecule has 0 aromatic carbocycles. The van der Waals surface area contributed by atoms with Crippen molar-refractivity contribution < 1.29 is 4.74 Å². The summed E-state index contributed by atoms with van der Waals surface area (Å²) in [5, 5.41) is 0. The van der Waals surface area contributed by atoms with Crippen molar-refractivity contribution in [2.24, 2.45) is 0 Å². The molecule has 1 unspecified atom stereocenters. The summed E-state index contributed by atoms with van der Waals surface area (Å²) in [5.41, 5.74) is 0. The maximum absolute atomic E-state index is 5.15. The highest BCUT2D eigenvalue weighted by atomic mass is 16.5. The van der Waals surface area contributed by atoms with Crippen LogP contribution in [-0.2, 0) is 4.74 Å². The normalized spacial score (nSPS) is 33.1. The molecule has 0 radical (unpaired) electrons. The smallest absolute Gasteiger partial charge is 0.124 e. The van der Waals surface area contributed by atoms with Gasteiger partial charge in [0.2, 0.25) is 0 Å². The third-order valence-electron chi connectivity index (χ3n) is 1.31. The van der Waals surface area contributed by atoms with E-state index in [1.807, 2.05) is 12.2 Å². The molecule has 3 rings (SSSR count). The van der Waals surface area contributed by atoms with Crippen LogP contribution in [0.3, 0.4) is 0 Å². The molecular weight excluding hydrogens is 88.1 g/mol. The number of ether oxygens (including phenoxy) is 1. The third kappa shape index (κ3) is 0.322. The van der Waals surface area contributed by atoms with Gasteiger partial charge in [0.15, 0.2) is 0 Å². The minimum absolute atomic E-state index is 0.431. The Hall–Kier alpha value is -0.720. The highest BCUT2D eigenvalue weighted by Gasteiger charge is 2.23. The van der Waals surface area contributed by atoms with E-state index in [1.165, 1.54) is 0 Å². The van der Waals surface area contributed by atoms with E-state index in [9.17, 15) is 0 Å². The van der Waals surface area contributed by atoms with E-state index in [0.717, 1.165) is 12.2 Å². The summed E-state index contributed by atoms with van der Waals surface area (Å²) >= 11 is 0. The number of fused-ring (bicyclic) bond motifs is 1. The lowest BCUT2D eigenvalue weighted by Crippen LogP contribution is -2.24. The fraction of sp³-hybridized carbons (Fsp3) is 0.333. The van der Waals surface area contributed by atoms with E-state index in [-0.39, 0.29) is 0 Å². The van der Waals surface area contributed by atoms with Crippen molar-refractivity contribution in [2.45, 2.75) is 12.5 Å². The maximum Gasteiger partial charge on any atom is 0.124 e. The predicted molar refractivity (Wildman–Crippen MR) is 26.7 cm³/mol. The first kappa shape index (κ1) is 3.30. The molecule has 0 aromatic heterocycles. The van der Waals surface area contributed by atoms with Crippen LogP contribution in [0.2, 0.25) is 0 Å². The topological polar surface area (TPSA) is 9.23 Å². The van der Waals surface area contributed by atoms with E-state index in [4.69, 9.17) is 4.74 Å². The van der Waals surface area contributed by atoms with Crippen LogP contribution in [0.1, 0.15) is 6.42 Å². The first-order valence-electron chi connectivity index (χ1n) is 2.49. The van der Waals surface area contributed by atoms with Crippen LogP contribution in [0.25, 0.3) is 0 Å². The highest BCUT2D eigenvalue weighted by Crippen LogP contribution is 2.28. The number of hydrogen-bond donors (Lipinski definition) is 0. The lowest BCUT2D eigenvalue weighted by molar-refractivity contribution is 0.0526. The predicted octanol–water partition coefficient (Wildman–Crippen LogP) is 1.23. The third-order valence-corrected chi connectivity index (χ3v) is 1.31. The Morgan fingerprint density at radius 3 is 2.71 bits per heavy atom. The second-order valence-corrected chi connectivity index (χ2v) is 1.88. The maximum atomic E-state index is 5.15. The Balaban J connectivity index is 2.36. The Morgan fingerprint density at radius 2 is 2.57 bits per heavy atom. The molecule has 2 heterocycles. The zero-order valence-electron chi connectivity index (χ0n) is 3.92. The van der Waals surface area contributed by atoms with Gasteiger partial charge in [0, 0.05) is 6.42 Å². The van der Waals surface area contributed by atoms with Crippen molar-refractivity contribution in [1.29, 1.82) is 0 Å². The Labute approximate surface area is 42.3 Å². The minimum Gasteiger partial charge on any atom is -0.490 e. The molecule has 0 amide bonds.